The lowest BCUT2D eigenvalue weighted by atomic mass is 10.0. The Morgan fingerprint density at radius 1 is 1.12 bits per heavy atom. The quantitative estimate of drug-likeness (QED) is 0.463. The normalized spacial score (nSPS) is 15.9. The molecular weight excluding hydrogens is 400 g/mol. The van der Waals surface area contributed by atoms with Gasteiger partial charge in [-0.2, -0.15) is 0 Å². The molecule has 32 heavy (non-hydrogen) atoms. The van der Waals surface area contributed by atoms with E-state index in [1.54, 1.807) is 21.9 Å². The maximum atomic E-state index is 13.7. The van der Waals surface area contributed by atoms with Crippen molar-refractivity contribution in [3.63, 3.8) is 0 Å². The van der Waals surface area contributed by atoms with Gasteiger partial charge in [-0.15, -0.1) is 0 Å². The minimum absolute atomic E-state index is 0.0860. The highest BCUT2D eigenvalue weighted by atomic mass is 16.2. The van der Waals surface area contributed by atoms with Crippen LogP contribution in [-0.4, -0.2) is 38.0 Å². The highest BCUT2D eigenvalue weighted by Gasteiger charge is 2.30. The fourth-order valence-corrected chi connectivity index (χ4v) is 4.66. The number of aryl methyl sites for hydroxylation is 1. The standard InChI is InChI=1S/C26H24N4O2/c1-3-25(31)28-14-12-21(17-28)30-23-11-13-27-16-24(23)29(26(30)32)20-9-6-8-19(15-20)22-10-5-4-7-18(22)2/h3-11,13,15-16,21H,1,12,14,17H2,2H3. The molecule has 0 spiro atoms. The number of carbonyl (C=O) groups excluding carboxylic acids is 1. The first kappa shape index (κ1) is 20.0. The molecule has 1 fully saturated rings. The molecule has 0 saturated carbocycles. The van der Waals surface area contributed by atoms with Crippen LogP contribution in [0.3, 0.4) is 0 Å². The van der Waals surface area contributed by atoms with E-state index in [4.69, 9.17) is 0 Å². The molecular formula is C26H24N4O2. The van der Waals surface area contributed by atoms with Gasteiger partial charge in [-0.1, -0.05) is 43.0 Å². The zero-order valence-electron chi connectivity index (χ0n) is 17.9. The Labute approximate surface area is 186 Å². The van der Waals surface area contributed by atoms with E-state index in [0.29, 0.717) is 13.1 Å². The highest BCUT2D eigenvalue weighted by Crippen LogP contribution is 2.29. The lowest BCUT2D eigenvalue weighted by Gasteiger charge is -2.15. The topological polar surface area (TPSA) is 60.1 Å². The number of imidazole rings is 1. The summed E-state index contributed by atoms with van der Waals surface area (Å²) in [6.45, 7) is 6.77. The summed E-state index contributed by atoms with van der Waals surface area (Å²) in [5.74, 6) is -0.100. The summed E-state index contributed by atoms with van der Waals surface area (Å²) in [5.41, 5.74) is 5.63. The Balaban J connectivity index is 1.64. The average molecular weight is 425 g/mol. The van der Waals surface area contributed by atoms with Crippen LogP contribution >= 0.6 is 0 Å². The van der Waals surface area contributed by atoms with E-state index >= 15 is 0 Å². The third-order valence-electron chi connectivity index (χ3n) is 6.25. The van der Waals surface area contributed by atoms with Gasteiger partial charge in [-0.3, -0.25) is 18.9 Å². The lowest BCUT2D eigenvalue weighted by Crippen LogP contribution is -2.31. The number of hydrogen-bond acceptors (Lipinski definition) is 3. The van der Waals surface area contributed by atoms with Gasteiger partial charge in [0.15, 0.2) is 0 Å². The van der Waals surface area contributed by atoms with Crippen LogP contribution in [0.5, 0.6) is 0 Å². The summed E-state index contributed by atoms with van der Waals surface area (Å²) >= 11 is 0. The van der Waals surface area contributed by atoms with Crippen molar-refractivity contribution >= 4 is 16.9 Å². The Kier molecular flexibility index (Phi) is 4.98. The predicted octanol–water partition coefficient (Wildman–Crippen LogP) is 4.12. The van der Waals surface area contributed by atoms with Crippen molar-refractivity contribution in [3.05, 3.63) is 95.7 Å². The molecule has 2 aromatic carbocycles. The van der Waals surface area contributed by atoms with Crippen molar-refractivity contribution in [3.8, 4) is 16.8 Å². The number of likely N-dealkylation sites (tertiary alicyclic amines) is 1. The number of nitrogens with zero attached hydrogens (tertiary/aromatic N) is 4. The first-order valence-electron chi connectivity index (χ1n) is 10.7. The smallest absolute Gasteiger partial charge is 0.334 e. The Morgan fingerprint density at radius 3 is 2.78 bits per heavy atom. The van der Waals surface area contributed by atoms with Crippen molar-refractivity contribution in [2.24, 2.45) is 0 Å². The van der Waals surface area contributed by atoms with Crippen molar-refractivity contribution in [2.75, 3.05) is 13.1 Å². The van der Waals surface area contributed by atoms with Crippen LogP contribution in [0.2, 0.25) is 0 Å². The van der Waals surface area contributed by atoms with Gasteiger partial charge in [0.25, 0.3) is 0 Å². The van der Waals surface area contributed by atoms with Crippen LogP contribution < -0.4 is 5.69 Å². The first-order valence-corrected chi connectivity index (χ1v) is 10.7. The molecule has 2 aromatic heterocycles. The Bertz CT molecular complexity index is 1400. The van der Waals surface area contributed by atoms with Crippen molar-refractivity contribution < 1.29 is 4.79 Å². The van der Waals surface area contributed by atoms with E-state index in [-0.39, 0.29) is 17.6 Å². The number of amides is 1. The molecule has 0 radical (unpaired) electrons. The summed E-state index contributed by atoms with van der Waals surface area (Å²) in [4.78, 5) is 31.8. The highest BCUT2D eigenvalue weighted by molar-refractivity contribution is 5.87. The molecule has 0 N–H and O–H groups in total. The molecule has 1 atom stereocenters. The van der Waals surface area contributed by atoms with Gasteiger partial charge in [0.2, 0.25) is 5.91 Å². The molecule has 160 valence electrons. The zero-order valence-corrected chi connectivity index (χ0v) is 17.9. The van der Waals surface area contributed by atoms with Crippen LogP contribution in [-0.2, 0) is 4.79 Å². The molecule has 6 heteroatoms. The molecule has 1 unspecified atom stereocenters. The summed E-state index contributed by atoms with van der Waals surface area (Å²) in [5, 5.41) is 0. The second kappa shape index (κ2) is 7.96. The van der Waals surface area contributed by atoms with Gasteiger partial charge in [0, 0.05) is 19.3 Å². The lowest BCUT2D eigenvalue weighted by molar-refractivity contribution is -0.125. The first-order chi connectivity index (χ1) is 15.6. The van der Waals surface area contributed by atoms with Crippen LogP contribution in [0.1, 0.15) is 18.0 Å². The third-order valence-corrected chi connectivity index (χ3v) is 6.25. The molecule has 4 aromatic rings. The van der Waals surface area contributed by atoms with E-state index < -0.39 is 0 Å². The largest absolute Gasteiger partial charge is 0.337 e. The van der Waals surface area contributed by atoms with Gasteiger partial charge >= 0.3 is 5.69 Å². The average Bonchev–Trinajstić information content (AvgIpc) is 3.41. The maximum Gasteiger partial charge on any atom is 0.334 e. The number of aromatic nitrogens is 3. The summed E-state index contributed by atoms with van der Waals surface area (Å²) in [6, 6.07) is 18.0. The fourth-order valence-electron chi connectivity index (χ4n) is 4.66. The Hall–Kier alpha value is -3.93. The summed E-state index contributed by atoms with van der Waals surface area (Å²) < 4.78 is 3.54. The van der Waals surface area contributed by atoms with E-state index in [1.165, 1.54) is 11.6 Å². The number of hydrogen-bond donors (Lipinski definition) is 0. The third kappa shape index (κ3) is 3.24. The van der Waals surface area contributed by atoms with Crippen molar-refractivity contribution in [1.29, 1.82) is 0 Å². The van der Waals surface area contributed by atoms with Crippen LogP contribution in [0.25, 0.3) is 27.8 Å². The summed E-state index contributed by atoms with van der Waals surface area (Å²) in [7, 11) is 0. The van der Waals surface area contributed by atoms with Gasteiger partial charge < -0.3 is 4.90 Å². The molecule has 0 aliphatic carbocycles. The van der Waals surface area contributed by atoms with Gasteiger partial charge in [-0.25, -0.2) is 4.79 Å². The van der Waals surface area contributed by atoms with Crippen LogP contribution in [0.4, 0.5) is 0 Å². The monoisotopic (exact) mass is 424 g/mol. The molecule has 3 heterocycles. The zero-order chi connectivity index (χ0) is 22.2. The predicted molar refractivity (Wildman–Crippen MR) is 126 cm³/mol. The molecule has 1 amide bonds. The second-order valence-corrected chi connectivity index (χ2v) is 8.15. The molecule has 0 bridgehead atoms. The SMILES string of the molecule is C=CC(=O)N1CCC(n2c(=O)n(-c3cccc(-c4ccccc4C)c3)c3cnccc32)C1. The minimum atomic E-state index is -0.118. The minimum Gasteiger partial charge on any atom is -0.337 e. The number of carbonyl (C=O) groups is 1. The number of benzene rings is 2. The summed E-state index contributed by atoms with van der Waals surface area (Å²) in [6.07, 6.45) is 5.49. The van der Waals surface area contributed by atoms with E-state index in [2.05, 4.69) is 36.7 Å². The van der Waals surface area contributed by atoms with Crippen molar-refractivity contribution in [2.45, 2.75) is 19.4 Å². The molecule has 1 saturated heterocycles. The number of fused-ring (bicyclic) bond motifs is 1. The fraction of sp³-hybridized carbons (Fsp3) is 0.192. The molecule has 6 nitrogen and oxygen atoms in total. The van der Waals surface area contributed by atoms with Crippen LogP contribution in [0, 0.1) is 6.92 Å². The molecule has 5 rings (SSSR count). The van der Waals surface area contributed by atoms with Gasteiger partial charge in [0.05, 0.1) is 29.0 Å². The molecule has 1 aliphatic heterocycles. The van der Waals surface area contributed by atoms with E-state index in [9.17, 15) is 9.59 Å². The van der Waals surface area contributed by atoms with Crippen LogP contribution in [0.15, 0.2) is 84.4 Å². The Morgan fingerprint density at radius 2 is 1.97 bits per heavy atom. The number of pyridine rings is 1. The molecule has 1 aliphatic rings. The number of rotatable bonds is 4. The van der Waals surface area contributed by atoms with E-state index in [0.717, 1.165) is 34.3 Å². The van der Waals surface area contributed by atoms with Crippen molar-refractivity contribution in [1.82, 2.24) is 19.0 Å². The van der Waals surface area contributed by atoms with Gasteiger partial charge in [0.1, 0.15) is 0 Å². The van der Waals surface area contributed by atoms with Gasteiger partial charge in [-0.05, 0) is 54.3 Å². The maximum absolute atomic E-state index is 13.7. The van der Waals surface area contributed by atoms with E-state index in [1.807, 2.05) is 41.0 Å². The second-order valence-electron chi connectivity index (χ2n) is 8.15.